The fraction of sp³-hybridized carbons (Fsp3) is 0.200. The van der Waals surface area contributed by atoms with Gasteiger partial charge >= 0.3 is 0 Å². The monoisotopic (exact) mass is 253 g/mol. The van der Waals surface area contributed by atoms with Gasteiger partial charge in [0.1, 0.15) is 17.7 Å². The number of anilines is 1. The lowest BCUT2D eigenvalue weighted by Crippen LogP contribution is -2.31. The summed E-state index contributed by atoms with van der Waals surface area (Å²) in [4.78, 5) is 6.43. The predicted octanol–water partition coefficient (Wildman–Crippen LogP) is 2.66. The molecule has 0 saturated heterocycles. The van der Waals surface area contributed by atoms with Crippen molar-refractivity contribution >= 4 is 5.82 Å². The van der Waals surface area contributed by atoms with Crippen LogP contribution in [0.3, 0.4) is 0 Å². The van der Waals surface area contributed by atoms with E-state index in [-0.39, 0.29) is 5.82 Å². The quantitative estimate of drug-likeness (QED) is 0.784. The van der Waals surface area contributed by atoms with Crippen molar-refractivity contribution in [1.82, 2.24) is 4.98 Å². The van der Waals surface area contributed by atoms with Crippen molar-refractivity contribution in [2.45, 2.75) is 13.0 Å². The molecule has 0 bridgehead atoms. The Morgan fingerprint density at radius 3 is 2.84 bits per heavy atom. The van der Waals surface area contributed by atoms with Gasteiger partial charge in [0.05, 0.1) is 5.56 Å². The summed E-state index contributed by atoms with van der Waals surface area (Å²) in [6.07, 6.45) is 2.39. The Morgan fingerprint density at radius 2 is 2.11 bits per heavy atom. The highest BCUT2D eigenvalue weighted by molar-refractivity contribution is 5.46. The first kappa shape index (κ1) is 11.7. The molecule has 0 fully saturated rings. The minimum absolute atomic E-state index is 0.177. The third kappa shape index (κ3) is 2.27. The Morgan fingerprint density at radius 1 is 1.21 bits per heavy atom. The Balaban J connectivity index is 1.85. The fourth-order valence-corrected chi connectivity index (χ4v) is 2.36. The van der Waals surface area contributed by atoms with Gasteiger partial charge in [-0.2, -0.15) is 5.26 Å². The van der Waals surface area contributed by atoms with Gasteiger partial charge in [0.15, 0.2) is 0 Å². The lowest BCUT2D eigenvalue weighted by Gasteiger charge is -2.29. The van der Waals surface area contributed by atoms with Crippen molar-refractivity contribution in [3.8, 4) is 6.07 Å². The topological polar surface area (TPSA) is 39.9 Å². The second kappa shape index (κ2) is 4.69. The molecule has 1 aliphatic rings. The van der Waals surface area contributed by atoms with Crippen molar-refractivity contribution < 1.29 is 4.39 Å². The number of rotatable bonds is 1. The van der Waals surface area contributed by atoms with Gasteiger partial charge in [0.2, 0.25) is 0 Å². The lowest BCUT2D eigenvalue weighted by atomic mass is 9.99. The highest BCUT2D eigenvalue weighted by atomic mass is 19.1. The third-order valence-electron chi connectivity index (χ3n) is 3.38. The number of fused-ring (bicyclic) bond motifs is 1. The van der Waals surface area contributed by atoms with Crippen molar-refractivity contribution in [2.75, 3.05) is 11.4 Å². The molecule has 2 heterocycles. The van der Waals surface area contributed by atoms with E-state index < -0.39 is 0 Å². The lowest BCUT2D eigenvalue weighted by molar-refractivity contribution is 0.618. The molecule has 94 valence electrons. The van der Waals surface area contributed by atoms with Crippen LogP contribution in [-0.2, 0) is 13.0 Å². The Labute approximate surface area is 110 Å². The van der Waals surface area contributed by atoms with Gasteiger partial charge in [-0.05, 0) is 41.8 Å². The zero-order chi connectivity index (χ0) is 13.2. The molecule has 3 nitrogen and oxygen atoms in total. The normalized spacial score (nSPS) is 13.8. The first-order chi connectivity index (χ1) is 9.26. The average molecular weight is 253 g/mol. The van der Waals surface area contributed by atoms with Crippen LogP contribution < -0.4 is 4.90 Å². The van der Waals surface area contributed by atoms with Crippen LogP contribution in [0.4, 0.5) is 10.2 Å². The SMILES string of the molecule is N#Cc1ccc(N2CCc3cc(F)ccc3C2)nc1. The van der Waals surface area contributed by atoms with Gasteiger partial charge < -0.3 is 4.90 Å². The molecule has 2 aromatic rings. The van der Waals surface area contributed by atoms with Crippen molar-refractivity contribution in [3.05, 3.63) is 59.0 Å². The van der Waals surface area contributed by atoms with E-state index in [0.717, 1.165) is 36.5 Å². The number of pyridine rings is 1. The molecule has 0 atom stereocenters. The van der Waals surface area contributed by atoms with E-state index in [2.05, 4.69) is 16.0 Å². The van der Waals surface area contributed by atoms with Crippen molar-refractivity contribution in [1.29, 1.82) is 5.26 Å². The van der Waals surface area contributed by atoms with E-state index in [1.54, 1.807) is 18.3 Å². The van der Waals surface area contributed by atoms with Gasteiger partial charge in [-0.15, -0.1) is 0 Å². The average Bonchev–Trinajstić information content (AvgIpc) is 2.47. The van der Waals surface area contributed by atoms with E-state index in [1.807, 2.05) is 12.1 Å². The zero-order valence-electron chi connectivity index (χ0n) is 10.3. The molecule has 1 aliphatic heterocycles. The van der Waals surface area contributed by atoms with Crippen molar-refractivity contribution in [2.24, 2.45) is 0 Å². The van der Waals surface area contributed by atoms with Crippen LogP contribution in [-0.4, -0.2) is 11.5 Å². The fourth-order valence-electron chi connectivity index (χ4n) is 2.36. The number of halogens is 1. The number of benzene rings is 1. The van der Waals surface area contributed by atoms with Crippen LogP contribution in [0.2, 0.25) is 0 Å². The molecule has 4 heteroatoms. The van der Waals surface area contributed by atoms with Crippen molar-refractivity contribution in [3.63, 3.8) is 0 Å². The summed E-state index contributed by atoms with van der Waals surface area (Å²) in [5.74, 6) is 0.678. The first-order valence-corrected chi connectivity index (χ1v) is 6.14. The van der Waals surface area contributed by atoms with Gasteiger partial charge in [-0.3, -0.25) is 0 Å². The smallest absolute Gasteiger partial charge is 0.128 e. The molecule has 1 aromatic heterocycles. The van der Waals surface area contributed by atoms with Crippen LogP contribution in [0.5, 0.6) is 0 Å². The van der Waals surface area contributed by atoms with E-state index in [1.165, 1.54) is 6.07 Å². The summed E-state index contributed by atoms with van der Waals surface area (Å²) in [5.41, 5.74) is 2.77. The number of nitriles is 1. The maximum atomic E-state index is 13.1. The van der Waals surface area contributed by atoms with E-state index in [9.17, 15) is 4.39 Å². The number of hydrogen-bond acceptors (Lipinski definition) is 3. The molecular formula is C15H12FN3. The predicted molar refractivity (Wildman–Crippen MR) is 70.1 cm³/mol. The van der Waals surface area contributed by atoms with Gasteiger partial charge in [0, 0.05) is 19.3 Å². The second-order valence-corrected chi connectivity index (χ2v) is 4.60. The van der Waals surface area contributed by atoms with Gasteiger partial charge in [-0.1, -0.05) is 6.07 Å². The standard InChI is InChI=1S/C15H12FN3/c16-14-3-2-13-10-19(6-5-12(13)7-14)15-4-1-11(8-17)9-18-15/h1-4,7,9H,5-6,10H2. The zero-order valence-corrected chi connectivity index (χ0v) is 10.3. The largest absolute Gasteiger partial charge is 0.352 e. The summed E-state index contributed by atoms with van der Waals surface area (Å²) in [7, 11) is 0. The van der Waals surface area contributed by atoms with Gasteiger partial charge in [-0.25, -0.2) is 9.37 Å². The molecule has 0 radical (unpaired) electrons. The summed E-state index contributed by atoms with van der Waals surface area (Å²) in [5, 5.41) is 8.76. The molecule has 3 rings (SSSR count). The van der Waals surface area contributed by atoms with E-state index in [0.29, 0.717) is 5.56 Å². The molecule has 0 spiro atoms. The second-order valence-electron chi connectivity index (χ2n) is 4.60. The van der Waals surface area contributed by atoms with E-state index >= 15 is 0 Å². The molecule has 0 amide bonds. The van der Waals surface area contributed by atoms with E-state index in [4.69, 9.17) is 5.26 Å². The highest BCUT2D eigenvalue weighted by Gasteiger charge is 2.17. The Bertz CT molecular complexity index is 643. The maximum absolute atomic E-state index is 13.1. The van der Waals surface area contributed by atoms with Gasteiger partial charge in [0.25, 0.3) is 0 Å². The Kier molecular flexibility index (Phi) is 2.88. The molecule has 0 aliphatic carbocycles. The number of hydrogen-bond donors (Lipinski definition) is 0. The minimum Gasteiger partial charge on any atom is -0.352 e. The summed E-state index contributed by atoms with van der Waals surface area (Å²) in [6.45, 7) is 1.55. The van der Waals surface area contributed by atoms with Crippen LogP contribution >= 0.6 is 0 Å². The maximum Gasteiger partial charge on any atom is 0.128 e. The van der Waals surface area contributed by atoms with Crippen LogP contribution in [0.15, 0.2) is 36.5 Å². The van der Waals surface area contributed by atoms with Crippen LogP contribution in [0.1, 0.15) is 16.7 Å². The minimum atomic E-state index is -0.177. The molecule has 0 unspecified atom stereocenters. The number of nitrogens with zero attached hydrogens (tertiary/aromatic N) is 3. The molecule has 19 heavy (non-hydrogen) atoms. The summed E-state index contributed by atoms with van der Waals surface area (Å²) in [6, 6.07) is 10.6. The molecular weight excluding hydrogens is 241 g/mol. The molecule has 1 aromatic carbocycles. The molecule has 0 N–H and O–H groups in total. The number of aromatic nitrogens is 1. The molecule has 0 saturated carbocycles. The highest BCUT2D eigenvalue weighted by Crippen LogP contribution is 2.23. The summed E-state index contributed by atoms with van der Waals surface area (Å²) >= 11 is 0. The van der Waals surface area contributed by atoms with Crippen LogP contribution in [0.25, 0.3) is 0 Å². The summed E-state index contributed by atoms with van der Waals surface area (Å²) < 4.78 is 13.1. The third-order valence-corrected chi connectivity index (χ3v) is 3.38. The first-order valence-electron chi connectivity index (χ1n) is 6.14. The van der Waals surface area contributed by atoms with Crippen LogP contribution in [0, 0.1) is 17.1 Å². The Hall–Kier alpha value is -2.41.